The largest absolute Gasteiger partial charge is 0.393 e. The minimum Gasteiger partial charge on any atom is -0.393 e. The third-order valence-corrected chi connectivity index (χ3v) is 2.60. The van der Waals surface area contributed by atoms with Crippen LogP contribution in [-0.4, -0.2) is 24.1 Å². The molecule has 1 heterocycles. The summed E-state index contributed by atoms with van der Waals surface area (Å²) >= 11 is 0. The van der Waals surface area contributed by atoms with Gasteiger partial charge in [-0.25, -0.2) is 9.97 Å². The third kappa shape index (κ3) is 2.51. The third-order valence-electron chi connectivity index (χ3n) is 2.60. The lowest BCUT2D eigenvalue weighted by molar-refractivity contribution is 1.04. The van der Waals surface area contributed by atoms with Gasteiger partial charge in [-0.15, -0.1) is 0 Å². The predicted octanol–water partition coefficient (Wildman–Crippen LogP) is 2.18. The zero-order chi connectivity index (χ0) is 13.1. The second-order valence-corrected chi connectivity index (χ2v) is 4.35. The zero-order valence-electron chi connectivity index (χ0n) is 10.8. The van der Waals surface area contributed by atoms with Crippen molar-refractivity contribution in [2.24, 2.45) is 0 Å². The summed E-state index contributed by atoms with van der Waals surface area (Å²) in [5.41, 5.74) is 8.74. The van der Waals surface area contributed by atoms with E-state index in [9.17, 15) is 0 Å². The molecule has 18 heavy (non-hydrogen) atoms. The predicted molar refractivity (Wildman–Crippen MR) is 75.2 cm³/mol. The molecule has 0 atom stereocenters. The van der Waals surface area contributed by atoms with Crippen LogP contribution in [0.5, 0.6) is 0 Å². The molecule has 5 nitrogen and oxygen atoms in total. The standard InChI is InChI=1S/C13H17N5/c1-9-4-6-10(7-5-9)17-12-11(14)13(18(2)3)16-8-15-12/h4-8H,14H2,1-3H3,(H,15,16,17). The molecule has 0 aliphatic heterocycles. The quantitative estimate of drug-likeness (QED) is 0.864. The fourth-order valence-electron chi connectivity index (χ4n) is 1.62. The number of benzene rings is 1. The van der Waals surface area contributed by atoms with E-state index in [-0.39, 0.29) is 0 Å². The van der Waals surface area contributed by atoms with Gasteiger partial charge in [0.2, 0.25) is 0 Å². The van der Waals surface area contributed by atoms with E-state index in [4.69, 9.17) is 5.73 Å². The average molecular weight is 243 g/mol. The number of nitrogens with one attached hydrogen (secondary N) is 1. The Morgan fingerprint density at radius 1 is 1.11 bits per heavy atom. The van der Waals surface area contributed by atoms with Crippen molar-refractivity contribution in [2.75, 3.05) is 30.0 Å². The summed E-state index contributed by atoms with van der Waals surface area (Å²) in [4.78, 5) is 10.2. The molecular weight excluding hydrogens is 226 g/mol. The van der Waals surface area contributed by atoms with E-state index in [0.29, 0.717) is 17.3 Å². The molecule has 0 unspecified atom stereocenters. The van der Waals surface area contributed by atoms with Crippen molar-refractivity contribution < 1.29 is 0 Å². The van der Waals surface area contributed by atoms with E-state index < -0.39 is 0 Å². The molecule has 2 aromatic rings. The highest BCUT2D eigenvalue weighted by Gasteiger charge is 2.09. The number of nitrogens with zero attached hydrogens (tertiary/aromatic N) is 3. The highest BCUT2D eigenvalue weighted by atomic mass is 15.2. The topological polar surface area (TPSA) is 67.1 Å². The Balaban J connectivity index is 2.29. The van der Waals surface area contributed by atoms with Crippen LogP contribution in [0.2, 0.25) is 0 Å². The fourth-order valence-corrected chi connectivity index (χ4v) is 1.62. The van der Waals surface area contributed by atoms with E-state index in [2.05, 4.69) is 15.3 Å². The summed E-state index contributed by atoms with van der Waals surface area (Å²) in [5.74, 6) is 1.33. The number of hydrogen-bond acceptors (Lipinski definition) is 5. The van der Waals surface area contributed by atoms with Crippen molar-refractivity contribution in [2.45, 2.75) is 6.92 Å². The van der Waals surface area contributed by atoms with E-state index in [1.54, 1.807) is 0 Å². The maximum absolute atomic E-state index is 6.03. The first-order valence-electron chi connectivity index (χ1n) is 5.69. The minimum absolute atomic E-state index is 0.545. The van der Waals surface area contributed by atoms with Gasteiger partial charge in [0.05, 0.1) is 0 Å². The molecule has 0 saturated carbocycles. The van der Waals surface area contributed by atoms with Crippen LogP contribution in [0, 0.1) is 6.92 Å². The van der Waals surface area contributed by atoms with Crippen LogP contribution in [0.25, 0.3) is 0 Å². The molecule has 3 N–H and O–H groups in total. The zero-order valence-corrected chi connectivity index (χ0v) is 10.8. The van der Waals surface area contributed by atoms with Gasteiger partial charge in [-0.3, -0.25) is 0 Å². The van der Waals surface area contributed by atoms with Crippen LogP contribution in [0.3, 0.4) is 0 Å². The van der Waals surface area contributed by atoms with Crippen LogP contribution in [0.4, 0.5) is 23.0 Å². The van der Waals surface area contributed by atoms with Crippen LogP contribution >= 0.6 is 0 Å². The van der Waals surface area contributed by atoms with Crippen molar-refractivity contribution in [1.29, 1.82) is 0 Å². The lowest BCUT2D eigenvalue weighted by Crippen LogP contribution is -2.14. The SMILES string of the molecule is Cc1ccc(Nc2ncnc(N(C)C)c2N)cc1. The molecule has 0 amide bonds. The normalized spacial score (nSPS) is 10.2. The van der Waals surface area contributed by atoms with Crippen LogP contribution in [0.1, 0.15) is 5.56 Å². The number of anilines is 4. The summed E-state index contributed by atoms with van der Waals surface area (Å²) in [6.45, 7) is 2.05. The van der Waals surface area contributed by atoms with Gasteiger partial charge in [0.25, 0.3) is 0 Å². The van der Waals surface area contributed by atoms with E-state index in [1.165, 1.54) is 11.9 Å². The van der Waals surface area contributed by atoms with Gasteiger partial charge in [0.15, 0.2) is 11.6 Å². The summed E-state index contributed by atoms with van der Waals surface area (Å²) < 4.78 is 0. The number of hydrogen-bond donors (Lipinski definition) is 2. The maximum atomic E-state index is 6.03. The van der Waals surface area contributed by atoms with Gasteiger partial charge in [-0.1, -0.05) is 17.7 Å². The lowest BCUT2D eigenvalue weighted by Gasteiger charge is -2.16. The van der Waals surface area contributed by atoms with Crippen molar-refractivity contribution >= 4 is 23.0 Å². The number of nitrogen functional groups attached to an aromatic ring is 1. The Labute approximate surface area is 107 Å². The molecule has 0 bridgehead atoms. The molecule has 0 saturated heterocycles. The molecule has 0 aliphatic rings. The second kappa shape index (κ2) is 4.91. The Bertz CT molecular complexity index is 534. The van der Waals surface area contributed by atoms with Crippen molar-refractivity contribution in [3.05, 3.63) is 36.2 Å². The number of aromatic nitrogens is 2. The lowest BCUT2D eigenvalue weighted by atomic mass is 10.2. The highest BCUT2D eigenvalue weighted by molar-refractivity contribution is 5.77. The van der Waals surface area contributed by atoms with Crippen molar-refractivity contribution in [3.8, 4) is 0 Å². The van der Waals surface area contributed by atoms with E-state index in [0.717, 1.165) is 5.69 Å². The first-order valence-corrected chi connectivity index (χ1v) is 5.69. The molecule has 2 rings (SSSR count). The van der Waals surface area contributed by atoms with Gasteiger partial charge in [0.1, 0.15) is 12.0 Å². The molecule has 5 heteroatoms. The molecule has 0 spiro atoms. The average Bonchev–Trinajstić information content (AvgIpc) is 2.34. The Hall–Kier alpha value is -2.30. The molecular formula is C13H17N5. The van der Waals surface area contributed by atoms with Crippen LogP contribution in [0.15, 0.2) is 30.6 Å². The van der Waals surface area contributed by atoms with Gasteiger partial charge >= 0.3 is 0 Å². The summed E-state index contributed by atoms with van der Waals surface area (Å²) in [7, 11) is 3.79. The number of nitrogens with two attached hydrogens (primary N) is 1. The Morgan fingerprint density at radius 2 is 1.78 bits per heavy atom. The fraction of sp³-hybridized carbons (Fsp3) is 0.231. The summed E-state index contributed by atoms with van der Waals surface area (Å²) in [6.07, 6.45) is 1.50. The second-order valence-electron chi connectivity index (χ2n) is 4.35. The summed E-state index contributed by atoms with van der Waals surface area (Å²) in [6, 6.07) is 8.05. The van der Waals surface area contributed by atoms with Crippen LogP contribution < -0.4 is 16.0 Å². The molecule has 94 valence electrons. The Kier molecular flexibility index (Phi) is 3.32. The van der Waals surface area contributed by atoms with E-state index in [1.807, 2.05) is 50.2 Å². The monoisotopic (exact) mass is 243 g/mol. The number of rotatable bonds is 3. The van der Waals surface area contributed by atoms with Gasteiger partial charge in [0, 0.05) is 19.8 Å². The maximum Gasteiger partial charge on any atom is 0.159 e. The first kappa shape index (κ1) is 12.2. The molecule has 0 fully saturated rings. The van der Waals surface area contributed by atoms with Gasteiger partial charge in [-0.05, 0) is 19.1 Å². The molecule has 0 radical (unpaired) electrons. The smallest absolute Gasteiger partial charge is 0.159 e. The highest BCUT2D eigenvalue weighted by Crippen LogP contribution is 2.27. The minimum atomic E-state index is 0.545. The van der Waals surface area contributed by atoms with Gasteiger partial charge < -0.3 is 16.0 Å². The number of aryl methyl sites for hydroxylation is 1. The molecule has 1 aromatic heterocycles. The Morgan fingerprint density at radius 3 is 2.39 bits per heavy atom. The van der Waals surface area contributed by atoms with Crippen molar-refractivity contribution in [3.63, 3.8) is 0 Å². The molecule has 0 aliphatic carbocycles. The van der Waals surface area contributed by atoms with Crippen LogP contribution in [-0.2, 0) is 0 Å². The summed E-state index contributed by atoms with van der Waals surface area (Å²) in [5, 5.41) is 3.19. The van der Waals surface area contributed by atoms with Crippen molar-refractivity contribution in [1.82, 2.24) is 9.97 Å². The molecule has 1 aromatic carbocycles. The first-order chi connectivity index (χ1) is 8.58. The van der Waals surface area contributed by atoms with E-state index >= 15 is 0 Å². The van der Waals surface area contributed by atoms with Gasteiger partial charge in [-0.2, -0.15) is 0 Å².